The van der Waals surface area contributed by atoms with Crippen molar-refractivity contribution in [1.29, 1.82) is 0 Å². The highest BCUT2D eigenvalue weighted by Gasteiger charge is 2.23. The van der Waals surface area contributed by atoms with E-state index in [1.807, 2.05) is 39.8 Å². The molecule has 1 aromatic heterocycles. The number of benzene rings is 1. The highest BCUT2D eigenvalue weighted by Crippen LogP contribution is 2.25. The van der Waals surface area contributed by atoms with Crippen molar-refractivity contribution in [3.8, 4) is 0 Å². The molecule has 0 unspecified atom stereocenters. The lowest BCUT2D eigenvalue weighted by Crippen LogP contribution is -2.44. The predicted molar refractivity (Wildman–Crippen MR) is 104 cm³/mol. The van der Waals surface area contributed by atoms with Gasteiger partial charge in [-0.1, -0.05) is 13.8 Å². The summed E-state index contributed by atoms with van der Waals surface area (Å²) in [6, 6.07) is 3.13. The second-order valence-electron chi connectivity index (χ2n) is 7.30. The number of rotatable bonds is 8. The molecule has 0 saturated heterocycles. The van der Waals surface area contributed by atoms with Crippen LogP contribution in [0.15, 0.2) is 22.8 Å². The van der Waals surface area contributed by atoms with Gasteiger partial charge in [-0.05, 0) is 49.4 Å². The van der Waals surface area contributed by atoms with E-state index in [1.54, 1.807) is 0 Å². The van der Waals surface area contributed by atoms with Crippen LogP contribution in [0.2, 0.25) is 0 Å². The molecular weight excluding hydrogens is 362 g/mol. The van der Waals surface area contributed by atoms with Crippen LogP contribution in [0, 0.1) is 19.8 Å². The van der Waals surface area contributed by atoms with Gasteiger partial charge in [-0.2, -0.15) is 0 Å². The normalized spacial score (nSPS) is 12.1. The second kappa shape index (κ2) is 9.39. The molecule has 0 fully saturated rings. The van der Waals surface area contributed by atoms with Crippen molar-refractivity contribution in [1.82, 2.24) is 5.32 Å². The van der Waals surface area contributed by atoms with Crippen LogP contribution in [0.3, 0.4) is 0 Å². The topological polar surface area (TPSA) is 94.8 Å². The molecule has 2 aromatic rings. The molecule has 0 spiro atoms. The molecule has 1 N–H and O–H groups in total. The van der Waals surface area contributed by atoms with E-state index in [0.717, 1.165) is 16.5 Å². The van der Waals surface area contributed by atoms with Crippen molar-refractivity contribution >= 4 is 28.8 Å². The Labute approximate surface area is 164 Å². The van der Waals surface area contributed by atoms with Crippen LogP contribution in [0.5, 0.6) is 0 Å². The number of furan rings is 1. The lowest BCUT2D eigenvalue weighted by molar-refractivity contribution is -0.150. The number of methoxy groups -OCH3 is 1. The maximum absolute atomic E-state index is 12.1. The number of hydrogen-bond acceptors (Lipinski definition) is 6. The number of nitrogens with one attached hydrogen (secondary N) is 1. The first-order valence-corrected chi connectivity index (χ1v) is 9.21. The van der Waals surface area contributed by atoms with Crippen LogP contribution >= 0.6 is 0 Å². The first-order valence-electron chi connectivity index (χ1n) is 9.21. The Bertz CT molecular complexity index is 867. The molecule has 7 nitrogen and oxygen atoms in total. The van der Waals surface area contributed by atoms with E-state index in [4.69, 9.17) is 13.9 Å². The smallest absolute Gasteiger partial charge is 0.328 e. The minimum absolute atomic E-state index is 0.00476. The van der Waals surface area contributed by atoms with Gasteiger partial charge in [-0.15, -0.1) is 0 Å². The maximum atomic E-state index is 12.1. The Balaban J connectivity index is 1.92. The Morgan fingerprint density at radius 2 is 1.82 bits per heavy atom. The molecule has 0 aliphatic carbocycles. The summed E-state index contributed by atoms with van der Waals surface area (Å²) < 4.78 is 15.3. The van der Waals surface area contributed by atoms with E-state index in [0.29, 0.717) is 17.6 Å². The summed E-state index contributed by atoms with van der Waals surface area (Å²) in [5.74, 6) is -1.43. The summed E-state index contributed by atoms with van der Waals surface area (Å²) in [7, 11) is 1.26. The number of ether oxygens (including phenoxy) is 2. The van der Waals surface area contributed by atoms with Gasteiger partial charge >= 0.3 is 11.9 Å². The Hall–Kier alpha value is -2.83. The fraction of sp³-hybridized carbons (Fsp3) is 0.476. The number of amides is 1. The second-order valence-corrected chi connectivity index (χ2v) is 7.30. The minimum atomic E-state index is -0.764. The van der Waals surface area contributed by atoms with Crippen LogP contribution in [0.1, 0.15) is 37.0 Å². The van der Waals surface area contributed by atoms with E-state index < -0.39 is 30.5 Å². The summed E-state index contributed by atoms with van der Waals surface area (Å²) in [5.41, 5.74) is 3.62. The first-order chi connectivity index (χ1) is 13.2. The summed E-state index contributed by atoms with van der Waals surface area (Å²) in [5, 5.41) is 3.40. The van der Waals surface area contributed by atoms with E-state index in [1.165, 1.54) is 13.4 Å². The summed E-state index contributed by atoms with van der Waals surface area (Å²) in [6.45, 7) is 7.38. The summed E-state index contributed by atoms with van der Waals surface area (Å²) >= 11 is 0. The van der Waals surface area contributed by atoms with Crippen molar-refractivity contribution in [3.05, 3.63) is 35.1 Å². The van der Waals surface area contributed by atoms with Gasteiger partial charge in [0.05, 0.1) is 19.8 Å². The average molecular weight is 389 g/mol. The summed E-state index contributed by atoms with van der Waals surface area (Å²) in [6.07, 6.45) is 1.96. The number of carbonyl (C=O) groups excluding carboxylic acids is 3. The lowest BCUT2D eigenvalue weighted by atomic mass is 10.0. The molecule has 1 amide bonds. The zero-order chi connectivity index (χ0) is 20.8. The van der Waals surface area contributed by atoms with E-state index in [9.17, 15) is 14.4 Å². The van der Waals surface area contributed by atoms with Crippen molar-refractivity contribution in [2.24, 2.45) is 5.92 Å². The van der Waals surface area contributed by atoms with Gasteiger partial charge in [0.1, 0.15) is 11.6 Å². The lowest BCUT2D eigenvalue weighted by Gasteiger charge is -2.18. The van der Waals surface area contributed by atoms with Crippen LogP contribution in [0.4, 0.5) is 0 Å². The van der Waals surface area contributed by atoms with Crippen molar-refractivity contribution in [2.75, 3.05) is 13.7 Å². The fourth-order valence-corrected chi connectivity index (χ4v) is 2.89. The van der Waals surface area contributed by atoms with Crippen LogP contribution < -0.4 is 5.32 Å². The molecule has 2 rings (SSSR count). The third kappa shape index (κ3) is 5.58. The van der Waals surface area contributed by atoms with Gasteiger partial charge in [-0.3, -0.25) is 9.59 Å². The molecule has 152 valence electrons. The summed E-state index contributed by atoms with van der Waals surface area (Å²) in [4.78, 5) is 35.9. The Kier molecular flexibility index (Phi) is 7.20. The standard InChI is InChI=1S/C21H27NO6/c1-12(2)6-17(21(25)26-5)22-19(23)11-28-20(24)9-15-10-27-18-8-14(4)13(3)7-16(15)18/h7-8,10,12,17H,6,9,11H2,1-5H3,(H,22,23)/t17-/m1/s1. The Morgan fingerprint density at radius 1 is 1.14 bits per heavy atom. The van der Waals surface area contributed by atoms with Crippen molar-refractivity contribution in [2.45, 2.75) is 46.6 Å². The van der Waals surface area contributed by atoms with E-state index in [-0.39, 0.29) is 12.3 Å². The van der Waals surface area contributed by atoms with Crippen LogP contribution in [-0.4, -0.2) is 37.6 Å². The van der Waals surface area contributed by atoms with Gasteiger partial charge in [0.15, 0.2) is 6.61 Å². The minimum Gasteiger partial charge on any atom is -0.467 e. The molecular formula is C21H27NO6. The third-order valence-corrected chi connectivity index (χ3v) is 4.50. The van der Waals surface area contributed by atoms with Crippen molar-refractivity contribution < 1.29 is 28.3 Å². The number of carbonyl (C=O) groups is 3. The van der Waals surface area contributed by atoms with Crippen molar-refractivity contribution in [3.63, 3.8) is 0 Å². The highest BCUT2D eigenvalue weighted by molar-refractivity contribution is 5.89. The molecule has 0 radical (unpaired) electrons. The molecule has 0 aliphatic rings. The van der Waals surface area contributed by atoms with Gasteiger partial charge in [-0.25, -0.2) is 4.79 Å². The van der Waals surface area contributed by atoms with E-state index in [2.05, 4.69) is 5.32 Å². The first kappa shape index (κ1) is 21.5. The average Bonchev–Trinajstić information content (AvgIpc) is 3.00. The molecule has 7 heteroatoms. The number of aryl methyl sites for hydroxylation is 2. The van der Waals surface area contributed by atoms with Gasteiger partial charge in [0.2, 0.25) is 0 Å². The van der Waals surface area contributed by atoms with Gasteiger partial charge in [0.25, 0.3) is 5.91 Å². The third-order valence-electron chi connectivity index (χ3n) is 4.50. The van der Waals surface area contributed by atoms with Gasteiger partial charge < -0.3 is 19.2 Å². The molecule has 0 saturated carbocycles. The fourth-order valence-electron chi connectivity index (χ4n) is 2.89. The molecule has 28 heavy (non-hydrogen) atoms. The maximum Gasteiger partial charge on any atom is 0.328 e. The SMILES string of the molecule is COC(=O)[C@@H](CC(C)C)NC(=O)COC(=O)Cc1coc2cc(C)c(C)cc12. The number of fused-ring (bicyclic) bond motifs is 1. The highest BCUT2D eigenvalue weighted by atomic mass is 16.5. The molecule has 1 heterocycles. The quantitative estimate of drug-likeness (QED) is 0.698. The molecule has 0 aliphatic heterocycles. The molecule has 1 atom stereocenters. The molecule has 1 aromatic carbocycles. The largest absolute Gasteiger partial charge is 0.467 e. The Morgan fingerprint density at radius 3 is 2.46 bits per heavy atom. The number of esters is 2. The number of hydrogen-bond donors (Lipinski definition) is 1. The van der Waals surface area contributed by atoms with Crippen LogP contribution in [0.25, 0.3) is 11.0 Å². The zero-order valence-corrected chi connectivity index (χ0v) is 17.0. The van der Waals surface area contributed by atoms with E-state index >= 15 is 0 Å². The predicted octanol–water partition coefficient (Wildman–Crippen LogP) is 2.84. The van der Waals surface area contributed by atoms with Crippen LogP contribution in [-0.2, 0) is 30.3 Å². The monoisotopic (exact) mass is 389 g/mol. The zero-order valence-electron chi connectivity index (χ0n) is 17.0. The van der Waals surface area contributed by atoms with Gasteiger partial charge in [0, 0.05) is 10.9 Å². The molecule has 0 bridgehead atoms.